The van der Waals surface area contributed by atoms with E-state index in [1.54, 1.807) is 11.3 Å². The Morgan fingerprint density at radius 3 is 3.05 bits per heavy atom. The van der Waals surface area contributed by atoms with E-state index in [-0.39, 0.29) is 0 Å². The van der Waals surface area contributed by atoms with Gasteiger partial charge in [0, 0.05) is 32.2 Å². The molecule has 0 bridgehead atoms. The third-order valence-electron chi connectivity index (χ3n) is 3.78. The number of aryl methyl sites for hydroxylation is 2. The summed E-state index contributed by atoms with van der Waals surface area (Å²) >= 11 is 1.69. The summed E-state index contributed by atoms with van der Waals surface area (Å²) in [6.07, 6.45) is 0. The first-order chi connectivity index (χ1) is 9.63. The van der Waals surface area contributed by atoms with Gasteiger partial charge in [-0.2, -0.15) is 0 Å². The van der Waals surface area contributed by atoms with Crippen LogP contribution >= 0.6 is 11.3 Å². The van der Waals surface area contributed by atoms with Crippen LogP contribution in [-0.2, 0) is 6.54 Å². The lowest BCUT2D eigenvalue weighted by Crippen LogP contribution is -2.48. The van der Waals surface area contributed by atoms with Gasteiger partial charge in [-0.3, -0.25) is 4.90 Å². The highest BCUT2D eigenvalue weighted by molar-refractivity contribution is 7.13. The predicted octanol–water partition coefficient (Wildman–Crippen LogP) is 2.81. The SMILES string of the molecule is Cc1ccsc1-c1nc(CN2CCN[C@H](C)C2)c(C)o1. The van der Waals surface area contributed by atoms with Gasteiger partial charge in [-0.15, -0.1) is 11.3 Å². The van der Waals surface area contributed by atoms with Crippen LogP contribution in [0.15, 0.2) is 15.9 Å². The van der Waals surface area contributed by atoms with Crippen LogP contribution in [-0.4, -0.2) is 35.6 Å². The number of hydrogen-bond acceptors (Lipinski definition) is 5. The van der Waals surface area contributed by atoms with Crippen LogP contribution in [0.4, 0.5) is 0 Å². The number of nitrogens with one attached hydrogen (secondary N) is 1. The van der Waals surface area contributed by atoms with Gasteiger partial charge in [0.2, 0.25) is 5.89 Å². The van der Waals surface area contributed by atoms with Crippen molar-refractivity contribution >= 4 is 11.3 Å². The van der Waals surface area contributed by atoms with Gasteiger partial charge in [-0.05, 0) is 37.8 Å². The van der Waals surface area contributed by atoms with Crippen molar-refractivity contribution in [2.24, 2.45) is 0 Å². The molecule has 2 aromatic heterocycles. The van der Waals surface area contributed by atoms with Gasteiger partial charge in [-0.25, -0.2) is 4.98 Å². The monoisotopic (exact) mass is 291 g/mol. The zero-order valence-electron chi connectivity index (χ0n) is 12.3. The number of hydrogen-bond donors (Lipinski definition) is 1. The summed E-state index contributed by atoms with van der Waals surface area (Å²) in [5.41, 5.74) is 2.31. The van der Waals surface area contributed by atoms with Gasteiger partial charge < -0.3 is 9.73 Å². The van der Waals surface area contributed by atoms with Gasteiger partial charge in [0.05, 0.1) is 10.6 Å². The summed E-state index contributed by atoms with van der Waals surface area (Å²) in [4.78, 5) is 8.30. The maximum Gasteiger partial charge on any atom is 0.237 e. The highest BCUT2D eigenvalue weighted by Crippen LogP contribution is 2.30. The van der Waals surface area contributed by atoms with Crippen molar-refractivity contribution in [2.75, 3.05) is 19.6 Å². The van der Waals surface area contributed by atoms with Crippen LogP contribution < -0.4 is 5.32 Å². The third kappa shape index (κ3) is 2.80. The molecule has 3 rings (SSSR count). The minimum Gasteiger partial charge on any atom is -0.440 e. The number of rotatable bonds is 3. The Hall–Kier alpha value is -1.17. The summed E-state index contributed by atoms with van der Waals surface area (Å²) in [6.45, 7) is 10.4. The standard InChI is InChI=1S/C15H21N3OS/c1-10-4-7-20-14(10)15-17-13(12(3)19-15)9-18-6-5-16-11(2)8-18/h4,7,11,16H,5-6,8-9H2,1-3H3/t11-/m1/s1. The van der Waals surface area contributed by atoms with Crippen LogP contribution in [0, 0.1) is 13.8 Å². The van der Waals surface area contributed by atoms with Crippen LogP contribution in [0.25, 0.3) is 10.8 Å². The Bertz CT molecular complexity index is 590. The Balaban J connectivity index is 1.77. The minimum atomic E-state index is 0.551. The van der Waals surface area contributed by atoms with E-state index in [1.165, 1.54) is 5.56 Å². The molecule has 1 fully saturated rings. The lowest BCUT2D eigenvalue weighted by Gasteiger charge is -2.31. The molecule has 2 aromatic rings. The average Bonchev–Trinajstić information content (AvgIpc) is 2.97. The molecule has 20 heavy (non-hydrogen) atoms. The van der Waals surface area contributed by atoms with Crippen molar-refractivity contribution in [1.82, 2.24) is 15.2 Å². The molecule has 1 aliphatic rings. The first-order valence-corrected chi connectivity index (χ1v) is 7.98. The molecule has 4 nitrogen and oxygen atoms in total. The van der Waals surface area contributed by atoms with E-state index in [4.69, 9.17) is 9.40 Å². The van der Waals surface area contributed by atoms with Crippen molar-refractivity contribution in [3.05, 3.63) is 28.5 Å². The fraction of sp³-hybridized carbons (Fsp3) is 0.533. The van der Waals surface area contributed by atoms with Crippen molar-refractivity contribution in [3.8, 4) is 10.8 Å². The molecule has 0 saturated carbocycles. The Morgan fingerprint density at radius 1 is 1.50 bits per heavy atom. The molecule has 1 N–H and O–H groups in total. The van der Waals surface area contributed by atoms with Gasteiger partial charge >= 0.3 is 0 Å². The van der Waals surface area contributed by atoms with Crippen molar-refractivity contribution in [3.63, 3.8) is 0 Å². The predicted molar refractivity (Wildman–Crippen MR) is 82.0 cm³/mol. The summed E-state index contributed by atoms with van der Waals surface area (Å²) in [5, 5.41) is 5.55. The maximum absolute atomic E-state index is 5.87. The van der Waals surface area contributed by atoms with E-state index in [9.17, 15) is 0 Å². The van der Waals surface area contributed by atoms with E-state index in [1.807, 2.05) is 6.92 Å². The van der Waals surface area contributed by atoms with Crippen LogP contribution in [0.1, 0.15) is 23.9 Å². The lowest BCUT2D eigenvalue weighted by molar-refractivity contribution is 0.197. The lowest BCUT2D eigenvalue weighted by atomic mass is 10.2. The normalized spacial score (nSPS) is 20.4. The molecular formula is C15H21N3OS. The van der Waals surface area contributed by atoms with E-state index in [0.717, 1.165) is 48.4 Å². The number of nitrogens with zero attached hydrogens (tertiary/aromatic N) is 2. The van der Waals surface area contributed by atoms with Crippen molar-refractivity contribution in [2.45, 2.75) is 33.4 Å². The van der Waals surface area contributed by atoms with E-state index < -0.39 is 0 Å². The summed E-state index contributed by atoms with van der Waals surface area (Å²) in [5.74, 6) is 1.71. The summed E-state index contributed by atoms with van der Waals surface area (Å²) in [7, 11) is 0. The first kappa shape index (κ1) is 13.8. The van der Waals surface area contributed by atoms with Gasteiger partial charge in [0.15, 0.2) is 0 Å². The number of thiophene rings is 1. The largest absolute Gasteiger partial charge is 0.440 e. The third-order valence-corrected chi connectivity index (χ3v) is 4.78. The van der Waals surface area contributed by atoms with E-state index in [0.29, 0.717) is 6.04 Å². The second-order valence-corrected chi connectivity index (χ2v) is 6.46. The number of aromatic nitrogens is 1. The van der Waals surface area contributed by atoms with Crippen molar-refractivity contribution in [1.29, 1.82) is 0 Å². The Labute approximate surface area is 123 Å². The molecule has 0 radical (unpaired) electrons. The molecule has 5 heteroatoms. The second kappa shape index (κ2) is 5.68. The molecule has 0 spiro atoms. The topological polar surface area (TPSA) is 41.3 Å². The highest BCUT2D eigenvalue weighted by atomic mass is 32.1. The molecule has 0 unspecified atom stereocenters. The number of piperazine rings is 1. The molecule has 0 amide bonds. The van der Waals surface area contributed by atoms with Gasteiger partial charge in [0.1, 0.15) is 5.76 Å². The molecule has 3 heterocycles. The summed E-state index contributed by atoms with van der Waals surface area (Å²) in [6, 6.07) is 2.66. The maximum atomic E-state index is 5.87. The average molecular weight is 291 g/mol. The van der Waals surface area contributed by atoms with Crippen LogP contribution in [0.5, 0.6) is 0 Å². The van der Waals surface area contributed by atoms with E-state index in [2.05, 4.69) is 35.5 Å². The quantitative estimate of drug-likeness (QED) is 0.944. The fourth-order valence-corrected chi connectivity index (χ4v) is 3.48. The van der Waals surface area contributed by atoms with Gasteiger partial charge in [-0.1, -0.05) is 0 Å². The second-order valence-electron chi connectivity index (χ2n) is 5.54. The molecule has 1 saturated heterocycles. The van der Waals surface area contributed by atoms with Gasteiger partial charge in [0.25, 0.3) is 0 Å². The Kier molecular flexibility index (Phi) is 3.92. The Morgan fingerprint density at radius 2 is 2.35 bits per heavy atom. The van der Waals surface area contributed by atoms with E-state index >= 15 is 0 Å². The first-order valence-electron chi connectivity index (χ1n) is 7.10. The molecule has 0 aliphatic carbocycles. The molecule has 1 atom stereocenters. The van der Waals surface area contributed by atoms with Crippen LogP contribution in [0.2, 0.25) is 0 Å². The zero-order valence-corrected chi connectivity index (χ0v) is 13.1. The fourth-order valence-electron chi connectivity index (χ4n) is 2.63. The van der Waals surface area contributed by atoms with Crippen LogP contribution in [0.3, 0.4) is 0 Å². The molecule has 1 aliphatic heterocycles. The highest BCUT2D eigenvalue weighted by Gasteiger charge is 2.20. The minimum absolute atomic E-state index is 0.551. The molecule has 108 valence electrons. The van der Waals surface area contributed by atoms with Crippen molar-refractivity contribution < 1.29 is 4.42 Å². The zero-order chi connectivity index (χ0) is 14.1. The molecular weight excluding hydrogens is 270 g/mol. The number of oxazole rings is 1. The smallest absolute Gasteiger partial charge is 0.237 e. The summed E-state index contributed by atoms with van der Waals surface area (Å²) < 4.78 is 5.87. The molecule has 0 aromatic carbocycles.